The Hall–Kier alpha value is -3.28. The Morgan fingerprint density at radius 1 is 1.25 bits per heavy atom. The number of ether oxygens (including phenoxy) is 3. The molecule has 1 heterocycles. The van der Waals surface area contributed by atoms with E-state index in [0.29, 0.717) is 18.2 Å². The normalized spacial score (nSPS) is 12.8. The van der Waals surface area contributed by atoms with Crippen LogP contribution in [0.15, 0.2) is 53.6 Å². The van der Waals surface area contributed by atoms with Crippen molar-refractivity contribution in [2.24, 2.45) is 7.05 Å². The minimum absolute atomic E-state index is 0.119. The van der Waals surface area contributed by atoms with Gasteiger partial charge < -0.3 is 24.1 Å². The van der Waals surface area contributed by atoms with Gasteiger partial charge in [-0.25, -0.2) is 4.39 Å². The highest BCUT2D eigenvalue weighted by atomic mass is 32.2. The van der Waals surface area contributed by atoms with E-state index in [-0.39, 0.29) is 28.1 Å². The molecule has 0 fully saturated rings. The fourth-order valence-electron chi connectivity index (χ4n) is 2.80. The number of carbonyl (C=O) groups is 1. The average Bonchev–Trinajstić information content (AvgIpc) is 3.13. The average molecular weight is 462 g/mol. The number of nitrogens with zero attached hydrogens (tertiary/aromatic N) is 2. The number of hydrogen-bond donors (Lipinski definition) is 1. The Kier molecular flexibility index (Phi) is 7.57. The number of carbonyl (C=O) groups excluding carboxylic acids is 1. The summed E-state index contributed by atoms with van der Waals surface area (Å²) in [6, 6.07) is 9.28. The summed E-state index contributed by atoms with van der Waals surface area (Å²) in [5.41, 5.74) is 0.186. The van der Waals surface area contributed by atoms with Crippen molar-refractivity contribution in [1.82, 2.24) is 9.78 Å². The third-order valence-electron chi connectivity index (χ3n) is 4.16. The van der Waals surface area contributed by atoms with Crippen LogP contribution in [-0.2, 0) is 22.9 Å². The maximum atomic E-state index is 14.3. The molecule has 170 valence electrons. The van der Waals surface area contributed by atoms with Crippen LogP contribution in [0.4, 0.5) is 10.2 Å². The van der Waals surface area contributed by atoms with Crippen LogP contribution in [-0.4, -0.2) is 44.3 Å². The van der Waals surface area contributed by atoms with Crippen LogP contribution in [0.2, 0.25) is 0 Å². The molecule has 3 aromatic rings. The van der Waals surface area contributed by atoms with Crippen molar-refractivity contribution in [3.05, 3.63) is 60.0 Å². The van der Waals surface area contributed by atoms with Gasteiger partial charge in [0.25, 0.3) is 5.91 Å². The molecule has 0 saturated carbocycles. The van der Waals surface area contributed by atoms with Crippen molar-refractivity contribution in [3.8, 4) is 17.2 Å². The van der Waals surface area contributed by atoms with Gasteiger partial charge in [-0.05, 0) is 48.3 Å². The number of anilines is 1. The number of hydrogen-bond acceptors (Lipinski definition) is 7. The van der Waals surface area contributed by atoms with Crippen molar-refractivity contribution in [3.63, 3.8) is 0 Å². The highest BCUT2D eigenvalue weighted by molar-refractivity contribution is 7.79. The number of nitrogens with one attached hydrogen (secondary N) is 1. The number of methoxy groups -OCH3 is 1. The zero-order valence-corrected chi connectivity index (χ0v) is 18.3. The summed E-state index contributed by atoms with van der Waals surface area (Å²) in [4.78, 5) is 12.5. The molecule has 1 aromatic heterocycles. The van der Waals surface area contributed by atoms with Crippen molar-refractivity contribution in [2.45, 2.75) is 17.9 Å². The summed E-state index contributed by atoms with van der Waals surface area (Å²) in [7, 11) is 3.25. The smallest absolute Gasteiger partial charge is 0.257 e. The summed E-state index contributed by atoms with van der Waals surface area (Å²) in [5, 5.41) is 6.76. The number of aromatic nitrogens is 2. The number of halogens is 1. The molecule has 0 bridgehead atoms. The minimum atomic E-state index is -2.57. The van der Waals surface area contributed by atoms with Crippen LogP contribution in [0.1, 0.15) is 17.3 Å². The largest absolute Gasteiger partial charge is 0.768 e. The molecule has 0 saturated heterocycles. The zero-order valence-electron chi connectivity index (χ0n) is 17.5. The van der Waals surface area contributed by atoms with E-state index < -0.39 is 22.8 Å². The molecule has 1 amide bonds. The van der Waals surface area contributed by atoms with Gasteiger partial charge in [-0.2, -0.15) is 5.10 Å². The molecule has 0 radical (unpaired) electrons. The van der Waals surface area contributed by atoms with Gasteiger partial charge in [-0.15, -0.1) is 0 Å². The molecule has 3 rings (SSSR count). The lowest BCUT2D eigenvalue weighted by atomic mass is 10.2. The van der Waals surface area contributed by atoms with Crippen LogP contribution < -0.4 is 14.8 Å². The molecule has 1 N–H and O–H groups in total. The predicted molar refractivity (Wildman–Crippen MR) is 113 cm³/mol. The third-order valence-corrected chi connectivity index (χ3v) is 4.80. The number of amides is 1. The highest BCUT2D eigenvalue weighted by Crippen LogP contribution is 2.30. The predicted octanol–water partition coefficient (Wildman–Crippen LogP) is 3.26. The molecule has 0 aliphatic carbocycles. The lowest BCUT2D eigenvalue weighted by molar-refractivity contribution is 0.0915. The van der Waals surface area contributed by atoms with Crippen LogP contribution in [0.5, 0.6) is 17.2 Å². The Bertz CT molecular complexity index is 1140. The Morgan fingerprint density at radius 2 is 2.00 bits per heavy atom. The van der Waals surface area contributed by atoms with E-state index in [1.165, 1.54) is 42.1 Å². The molecule has 2 atom stereocenters. The van der Waals surface area contributed by atoms with E-state index in [1.54, 1.807) is 26.2 Å². The van der Waals surface area contributed by atoms with E-state index in [9.17, 15) is 17.9 Å². The molecule has 32 heavy (non-hydrogen) atoms. The van der Waals surface area contributed by atoms with Crippen LogP contribution in [0.3, 0.4) is 0 Å². The second-order valence-electron chi connectivity index (χ2n) is 6.83. The first kappa shape index (κ1) is 23.4. The molecule has 0 aliphatic heterocycles. The molecular formula is C21H21FN3O6S-. The molecule has 0 spiro atoms. The van der Waals surface area contributed by atoms with E-state index in [0.717, 1.165) is 6.07 Å². The second-order valence-corrected chi connectivity index (χ2v) is 7.78. The molecule has 11 heteroatoms. The van der Waals surface area contributed by atoms with Gasteiger partial charge in [0.05, 0.1) is 6.61 Å². The summed E-state index contributed by atoms with van der Waals surface area (Å²) in [6.07, 6.45) is 1.35. The minimum Gasteiger partial charge on any atom is -0.768 e. The fourth-order valence-corrected chi connectivity index (χ4v) is 3.17. The maximum absolute atomic E-state index is 14.3. The van der Waals surface area contributed by atoms with Crippen LogP contribution in [0, 0.1) is 5.82 Å². The zero-order chi connectivity index (χ0) is 23.3. The monoisotopic (exact) mass is 462 g/mol. The lowest BCUT2D eigenvalue weighted by Crippen LogP contribution is -2.18. The van der Waals surface area contributed by atoms with E-state index in [2.05, 4.69) is 10.4 Å². The first-order chi connectivity index (χ1) is 15.2. The van der Waals surface area contributed by atoms with Gasteiger partial charge in [-0.1, -0.05) is 0 Å². The standard InChI is InChI=1S/C21H22FN3O6S/c1-13(12-29-3)30-15-8-14(21(26)23-20-6-7-25(2)24-20)9-16(10-15)31-19-5-4-17(32(27)28)11-18(19)22/h4-11,13H,12H2,1-3H3,(H,27,28)(H,23,24,26)/p-1. The Balaban J connectivity index is 1.90. The molecular weight excluding hydrogens is 441 g/mol. The SMILES string of the molecule is COCC(C)Oc1cc(Oc2ccc(S(=O)[O-])cc2F)cc(C(=O)Nc2ccn(C)n2)c1. The topological polar surface area (TPSA) is 115 Å². The Labute approximate surface area is 186 Å². The first-order valence-electron chi connectivity index (χ1n) is 9.43. The second kappa shape index (κ2) is 10.4. The Morgan fingerprint density at radius 3 is 2.62 bits per heavy atom. The van der Waals surface area contributed by atoms with Gasteiger partial charge in [0.15, 0.2) is 17.4 Å². The number of rotatable bonds is 9. The number of aryl methyl sites for hydroxylation is 1. The fraction of sp³-hybridized carbons (Fsp3) is 0.238. The third kappa shape index (κ3) is 6.13. The molecule has 2 unspecified atom stereocenters. The number of benzene rings is 2. The van der Waals surface area contributed by atoms with E-state index in [1.807, 2.05) is 0 Å². The molecule has 9 nitrogen and oxygen atoms in total. The quantitative estimate of drug-likeness (QED) is 0.486. The van der Waals surface area contributed by atoms with E-state index >= 15 is 0 Å². The molecule has 0 aliphatic rings. The summed E-state index contributed by atoms with van der Waals surface area (Å²) >= 11 is -2.57. The summed E-state index contributed by atoms with van der Waals surface area (Å²) < 4.78 is 54.3. The summed E-state index contributed by atoms with van der Waals surface area (Å²) in [5.74, 6) is -0.783. The van der Waals surface area contributed by atoms with Gasteiger partial charge in [0.1, 0.15) is 17.6 Å². The van der Waals surface area contributed by atoms with Gasteiger partial charge >= 0.3 is 0 Å². The van der Waals surface area contributed by atoms with Crippen molar-refractivity contribution >= 4 is 22.8 Å². The van der Waals surface area contributed by atoms with Gasteiger partial charge in [-0.3, -0.25) is 13.7 Å². The van der Waals surface area contributed by atoms with Crippen molar-refractivity contribution < 1.29 is 32.2 Å². The van der Waals surface area contributed by atoms with Crippen molar-refractivity contribution in [2.75, 3.05) is 19.0 Å². The highest BCUT2D eigenvalue weighted by Gasteiger charge is 2.15. The van der Waals surface area contributed by atoms with Crippen LogP contribution in [0.25, 0.3) is 0 Å². The maximum Gasteiger partial charge on any atom is 0.257 e. The van der Waals surface area contributed by atoms with Gasteiger partial charge in [0.2, 0.25) is 0 Å². The summed E-state index contributed by atoms with van der Waals surface area (Å²) in [6.45, 7) is 2.09. The lowest BCUT2D eigenvalue weighted by Gasteiger charge is -2.16. The van der Waals surface area contributed by atoms with Crippen LogP contribution >= 0.6 is 0 Å². The first-order valence-corrected chi connectivity index (χ1v) is 10.5. The molecule has 2 aromatic carbocycles. The van der Waals surface area contributed by atoms with Gasteiger partial charge in [0, 0.05) is 42.9 Å². The van der Waals surface area contributed by atoms with Crippen molar-refractivity contribution in [1.29, 1.82) is 0 Å². The van der Waals surface area contributed by atoms with E-state index in [4.69, 9.17) is 14.2 Å².